The van der Waals surface area contributed by atoms with Gasteiger partial charge in [-0.1, -0.05) is 232 Å². The molecule has 0 saturated carbocycles. The summed E-state index contributed by atoms with van der Waals surface area (Å²) in [7, 11) is 0. The third kappa shape index (κ3) is 8.30. The van der Waals surface area contributed by atoms with Gasteiger partial charge in [0, 0.05) is 33.5 Å². The molecule has 0 bridgehead atoms. The van der Waals surface area contributed by atoms with Gasteiger partial charge in [0.15, 0.2) is 0 Å². The first-order valence-corrected chi connectivity index (χ1v) is 24.8. The predicted octanol–water partition coefficient (Wildman–Crippen LogP) is 19.6. The molecule has 71 heavy (non-hydrogen) atoms. The molecule has 0 fully saturated rings. The van der Waals surface area contributed by atoms with E-state index in [9.17, 15) is 0 Å². The Labute approximate surface area is 418 Å². The van der Waals surface area contributed by atoms with E-state index in [1.807, 2.05) is 13.8 Å². The fraction of sp³-hybridized carbons (Fsp3) is 0.0435. The second kappa shape index (κ2) is 19.9. The molecule has 2 heteroatoms. The van der Waals surface area contributed by atoms with Crippen LogP contribution in [-0.2, 0) is 0 Å². The van der Waals surface area contributed by atoms with E-state index in [4.69, 9.17) is 0 Å². The van der Waals surface area contributed by atoms with E-state index in [0.29, 0.717) is 0 Å². The SMILES string of the molecule is CC.Cc1ccccc1N(c1ccccc1)c1ccc(-c2c(-c3ccccc3)c(-c3ccccc3)c(-c3ccc(-n4c5ccccc5c5ccccc54)cc3)c(-c3ccccc3)c2-c2ccccc2)cc1. The number of rotatable bonds is 10. The molecule has 12 rings (SSSR count). The van der Waals surface area contributed by atoms with Crippen LogP contribution in [0.5, 0.6) is 0 Å². The van der Waals surface area contributed by atoms with Crippen LogP contribution in [0.1, 0.15) is 19.4 Å². The van der Waals surface area contributed by atoms with E-state index >= 15 is 0 Å². The molecular weight excluding hydrogens is 857 g/mol. The Morgan fingerprint density at radius 1 is 0.268 bits per heavy atom. The quantitative estimate of drug-likeness (QED) is 0.133. The van der Waals surface area contributed by atoms with Crippen LogP contribution in [0.3, 0.4) is 0 Å². The van der Waals surface area contributed by atoms with Crippen molar-refractivity contribution in [2.45, 2.75) is 20.8 Å². The van der Waals surface area contributed by atoms with Crippen LogP contribution in [0, 0.1) is 6.92 Å². The minimum atomic E-state index is 1.09. The van der Waals surface area contributed by atoms with Crippen molar-refractivity contribution in [3.8, 4) is 72.4 Å². The number of fused-ring (bicyclic) bond motifs is 3. The zero-order chi connectivity index (χ0) is 48.1. The van der Waals surface area contributed by atoms with E-state index in [-0.39, 0.29) is 0 Å². The van der Waals surface area contributed by atoms with Gasteiger partial charge in [0.05, 0.1) is 11.0 Å². The van der Waals surface area contributed by atoms with Crippen molar-refractivity contribution in [1.82, 2.24) is 4.57 Å². The van der Waals surface area contributed by atoms with Crippen LogP contribution in [-0.4, -0.2) is 4.57 Å². The highest BCUT2D eigenvalue weighted by atomic mass is 15.1. The molecule has 0 radical (unpaired) electrons. The fourth-order valence-electron chi connectivity index (χ4n) is 10.5. The van der Waals surface area contributed by atoms with Crippen molar-refractivity contribution in [2.75, 3.05) is 4.90 Å². The van der Waals surface area contributed by atoms with Crippen LogP contribution in [0.4, 0.5) is 17.1 Å². The van der Waals surface area contributed by atoms with E-state index in [1.54, 1.807) is 0 Å². The number of aryl methyl sites for hydroxylation is 1. The molecule has 12 aromatic rings. The number of para-hydroxylation sites is 4. The summed E-state index contributed by atoms with van der Waals surface area (Å²) >= 11 is 0. The van der Waals surface area contributed by atoms with Gasteiger partial charge in [0.25, 0.3) is 0 Å². The lowest BCUT2D eigenvalue weighted by molar-refractivity contribution is 1.18. The van der Waals surface area contributed by atoms with Crippen molar-refractivity contribution in [3.63, 3.8) is 0 Å². The third-order valence-corrected chi connectivity index (χ3v) is 13.5. The first-order chi connectivity index (χ1) is 35.2. The van der Waals surface area contributed by atoms with Gasteiger partial charge < -0.3 is 9.47 Å². The van der Waals surface area contributed by atoms with Crippen molar-refractivity contribution in [3.05, 3.63) is 279 Å². The number of hydrogen-bond acceptors (Lipinski definition) is 1. The molecule has 0 spiro atoms. The molecule has 2 nitrogen and oxygen atoms in total. The van der Waals surface area contributed by atoms with Gasteiger partial charge in [-0.15, -0.1) is 0 Å². The van der Waals surface area contributed by atoms with Crippen LogP contribution >= 0.6 is 0 Å². The van der Waals surface area contributed by atoms with Gasteiger partial charge in [-0.25, -0.2) is 0 Å². The Morgan fingerprint density at radius 3 is 0.958 bits per heavy atom. The van der Waals surface area contributed by atoms with E-state index in [2.05, 4.69) is 289 Å². The number of hydrogen-bond donors (Lipinski definition) is 0. The summed E-state index contributed by atoms with van der Waals surface area (Å²) in [4.78, 5) is 2.37. The Bertz CT molecular complexity index is 3570. The Balaban J connectivity index is 0.00000270. The van der Waals surface area contributed by atoms with Gasteiger partial charge in [-0.3, -0.25) is 0 Å². The highest BCUT2D eigenvalue weighted by molar-refractivity contribution is 6.15. The summed E-state index contributed by atoms with van der Waals surface area (Å²) in [6.07, 6.45) is 0. The Hall–Kier alpha value is -8.98. The summed E-state index contributed by atoms with van der Waals surface area (Å²) in [5.41, 5.74) is 22.1. The van der Waals surface area contributed by atoms with Crippen molar-refractivity contribution < 1.29 is 0 Å². The second-order valence-corrected chi connectivity index (χ2v) is 17.6. The summed E-state index contributed by atoms with van der Waals surface area (Å²) in [5, 5.41) is 2.50. The number of benzene rings is 11. The Morgan fingerprint density at radius 2 is 0.563 bits per heavy atom. The fourth-order valence-corrected chi connectivity index (χ4v) is 10.5. The Kier molecular flexibility index (Phi) is 12.5. The van der Waals surface area contributed by atoms with Crippen molar-refractivity contribution in [2.24, 2.45) is 0 Å². The standard InChI is InChI=1S/C67H48N2.C2H6/c1-47-23-17-20-36-59(47)68(54-32-15-6-16-33-54)55-43-39-52(40-44-55)66-62(48-24-7-2-8-25-48)64(50-28-11-4-12-29-50)67(65(51-30-13-5-14-31-51)63(66)49-26-9-3-10-27-49)53-41-45-56(46-42-53)69-60-37-21-18-34-57(60)58-35-19-22-38-61(58)69;1-2/h2-46H,1H3;1-2H3. The van der Waals surface area contributed by atoms with Crippen molar-refractivity contribution >= 4 is 38.9 Å². The van der Waals surface area contributed by atoms with E-state index < -0.39 is 0 Å². The van der Waals surface area contributed by atoms with Gasteiger partial charge in [0.1, 0.15) is 0 Å². The maximum Gasteiger partial charge on any atom is 0.0541 e. The molecule has 0 N–H and O–H groups in total. The lowest BCUT2D eigenvalue weighted by Gasteiger charge is -2.30. The van der Waals surface area contributed by atoms with Crippen LogP contribution in [0.15, 0.2) is 273 Å². The zero-order valence-electron chi connectivity index (χ0n) is 40.4. The molecule has 0 saturated heterocycles. The molecule has 1 heterocycles. The average molecular weight is 911 g/mol. The molecule has 340 valence electrons. The summed E-state index contributed by atoms with van der Waals surface area (Å²) in [6, 6.07) is 99.4. The molecule has 0 aliphatic rings. The van der Waals surface area contributed by atoms with Crippen LogP contribution in [0.2, 0.25) is 0 Å². The highest BCUT2D eigenvalue weighted by Gasteiger charge is 2.29. The van der Waals surface area contributed by atoms with Crippen LogP contribution < -0.4 is 4.90 Å². The van der Waals surface area contributed by atoms with Gasteiger partial charge in [-0.2, -0.15) is 0 Å². The molecule has 0 unspecified atom stereocenters. The maximum absolute atomic E-state index is 2.40. The summed E-state index contributed by atoms with van der Waals surface area (Å²) in [6.45, 7) is 6.19. The molecule has 0 atom stereocenters. The molecule has 0 aliphatic carbocycles. The molecule has 0 aliphatic heterocycles. The van der Waals surface area contributed by atoms with E-state index in [0.717, 1.165) is 56.1 Å². The minimum absolute atomic E-state index is 1.09. The van der Waals surface area contributed by atoms with Crippen molar-refractivity contribution in [1.29, 1.82) is 0 Å². The largest absolute Gasteiger partial charge is 0.310 e. The lowest BCUT2D eigenvalue weighted by Crippen LogP contribution is -2.11. The molecular formula is C69H54N2. The summed E-state index contributed by atoms with van der Waals surface area (Å²) in [5.74, 6) is 0. The van der Waals surface area contributed by atoms with Gasteiger partial charge in [0.2, 0.25) is 0 Å². The topological polar surface area (TPSA) is 8.17 Å². The minimum Gasteiger partial charge on any atom is -0.310 e. The maximum atomic E-state index is 2.40. The molecule has 11 aromatic carbocycles. The predicted molar refractivity (Wildman–Crippen MR) is 304 cm³/mol. The average Bonchev–Trinajstić information content (AvgIpc) is 3.79. The molecule has 1 aromatic heterocycles. The summed E-state index contributed by atoms with van der Waals surface area (Å²) < 4.78 is 2.40. The number of nitrogens with zero attached hydrogens (tertiary/aromatic N) is 2. The zero-order valence-corrected chi connectivity index (χ0v) is 40.4. The normalized spacial score (nSPS) is 11.0. The number of anilines is 3. The second-order valence-electron chi connectivity index (χ2n) is 17.6. The first kappa shape index (κ1) is 44.5. The monoisotopic (exact) mass is 910 g/mol. The molecule has 0 amide bonds. The number of aromatic nitrogens is 1. The smallest absolute Gasteiger partial charge is 0.0541 e. The highest BCUT2D eigenvalue weighted by Crippen LogP contribution is 2.56. The van der Waals surface area contributed by atoms with E-state index in [1.165, 1.54) is 60.8 Å². The third-order valence-electron chi connectivity index (χ3n) is 13.5. The van der Waals surface area contributed by atoms with Gasteiger partial charge in [-0.05, 0) is 134 Å². The van der Waals surface area contributed by atoms with Crippen LogP contribution in [0.25, 0.3) is 94.3 Å². The first-order valence-electron chi connectivity index (χ1n) is 24.8. The van der Waals surface area contributed by atoms with Gasteiger partial charge >= 0.3 is 0 Å². The lowest BCUT2D eigenvalue weighted by atomic mass is 9.74.